The van der Waals surface area contributed by atoms with Gasteiger partial charge in [-0.3, -0.25) is 0 Å². The van der Waals surface area contributed by atoms with E-state index in [4.69, 9.17) is 28.8 Å². The lowest BCUT2D eigenvalue weighted by Crippen LogP contribution is -2.15. The van der Waals surface area contributed by atoms with Crippen LogP contribution in [0.25, 0.3) is 0 Å². The zero-order chi connectivity index (χ0) is 21.8. The molecule has 0 bridgehead atoms. The van der Waals surface area contributed by atoms with Crippen molar-refractivity contribution in [2.75, 3.05) is 5.73 Å². The van der Waals surface area contributed by atoms with E-state index < -0.39 is 16.8 Å². The maximum atomic E-state index is 13.3. The van der Waals surface area contributed by atoms with E-state index in [1.54, 1.807) is 12.1 Å². The number of aliphatic imine (C=N–C) groups is 1. The summed E-state index contributed by atoms with van der Waals surface area (Å²) in [6, 6.07) is 6.64. The van der Waals surface area contributed by atoms with Crippen molar-refractivity contribution in [3.8, 4) is 11.8 Å². The van der Waals surface area contributed by atoms with Crippen LogP contribution >= 0.6 is 11.6 Å². The summed E-state index contributed by atoms with van der Waals surface area (Å²) in [7, 11) is 0. The monoisotopic (exact) mass is 419 g/mol. The molecule has 6 N–H and O–H groups in total. The molecule has 150 valence electrons. The second kappa shape index (κ2) is 8.71. The standard InChI is InChI=1S/C20H17ClF3N5/c1-11(25)14(8-6-13-7-9-17(27)28-10-13)19(29-12(2)26)15-4-3-5-16(18(15)21)20(22,23)24/h3-5,7,9-10H,2,25-26H2,1H3,(H2,27,28)/b14-11-,29-19+. The Bertz CT molecular complexity index is 1050. The summed E-state index contributed by atoms with van der Waals surface area (Å²) in [6.45, 7) is 5.01. The number of anilines is 1. The quantitative estimate of drug-likeness (QED) is 0.519. The summed E-state index contributed by atoms with van der Waals surface area (Å²) < 4.78 is 39.8. The van der Waals surface area contributed by atoms with Gasteiger partial charge < -0.3 is 17.2 Å². The molecule has 0 saturated carbocycles. The van der Waals surface area contributed by atoms with Crippen LogP contribution in [-0.4, -0.2) is 10.7 Å². The number of pyridine rings is 1. The SMILES string of the molecule is C=C(N)/N=C(\C(C#Cc1ccc(N)nc1)=C(\C)N)c1cccc(C(F)(F)F)c1Cl. The van der Waals surface area contributed by atoms with Crippen LogP contribution in [0.3, 0.4) is 0 Å². The second-order valence-corrected chi connectivity index (χ2v) is 6.27. The Morgan fingerprint density at radius 3 is 2.41 bits per heavy atom. The molecule has 2 aromatic rings. The van der Waals surface area contributed by atoms with Crippen LogP contribution in [0.2, 0.25) is 5.02 Å². The van der Waals surface area contributed by atoms with Gasteiger partial charge in [0.15, 0.2) is 0 Å². The summed E-state index contributed by atoms with van der Waals surface area (Å²) in [5, 5.41) is -0.547. The molecule has 0 saturated heterocycles. The van der Waals surface area contributed by atoms with Crippen LogP contribution in [0.4, 0.5) is 19.0 Å². The molecule has 0 aliphatic heterocycles. The molecule has 29 heavy (non-hydrogen) atoms. The number of aromatic nitrogens is 1. The number of alkyl halides is 3. The molecule has 1 heterocycles. The highest BCUT2D eigenvalue weighted by Crippen LogP contribution is 2.37. The largest absolute Gasteiger partial charge is 0.417 e. The average Bonchev–Trinajstić information content (AvgIpc) is 2.61. The van der Waals surface area contributed by atoms with Gasteiger partial charge in [0, 0.05) is 23.0 Å². The normalized spacial score (nSPS) is 12.7. The Balaban J connectivity index is 2.68. The minimum absolute atomic E-state index is 0.0236. The molecule has 5 nitrogen and oxygen atoms in total. The molecule has 0 spiro atoms. The topological polar surface area (TPSA) is 103 Å². The lowest BCUT2D eigenvalue weighted by atomic mass is 9.98. The van der Waals surface area contributed by atoms with Crippen LogP contribution in [-0.2, 0) is 6.18 Å². The number of benzene rings is 1. The summed E-state index contributed by atoms with van der Waals surface area (Å²) in [5.74, 6) is 5.79. The van der Waals surface area contributed by atoms with Crippen molar-refractivity contribution in [1.29, 1.82) is 0 Å². The summed E-state index contributed by atoms with van der Waals surface area (Å²) in [5.41, 5.74) is 16.9. The minimum Gasteiger partial charge on any atom is -0.401 e. The van der Waals surface area contributed by atoms with E-state index in [-0.39, 0.29) is 28.4 Å². The van der Waals surface area contributed by atoms with Crippen molar-refractivity contribution >= 4 is 23.1 Å². The lowest BCUT2D eigenvalue weighted by molar-refractivity contribution is -0.137. The fourth-order valence-corrected chi connectivity index (χ4v) is 2.61. The predicted molar refractivity (Wildman–Crippen MR) is 109 cm³/mol. The number of rotatable bonds is 3. The van der Waals surface area contributed by atoms with Gasteiger partial charge in [-0.05, 0) is 25.1 Å². The highest BCUT2D eigenvalue weighted by atomic mass is 35.5. The fraction of sp³-hybridized carbons (Fsp3) is 0.100. The first-order chi connectivity index (χ1) is 13.5. The maximum Gasteiger partial charge on any atom is 0.417 e. The Morgan fingerprint density at radius 2 is 1.90 bits per heavy atom. The first-order valence-corrected chi connectivity index (χ1v) is 8.48. The number of hydrogen-bond donors (Lipinski definition) is 3. The summed E-state index contributed by atoms with van der Waals surface area (Å²) >= 11 is 6.05. The molecule has 0 fully saturated rings. The van der Waals surface area contributed by atoms with Crippen molar-refractivity contribution in [2.45, 2.75) is 13.1 Å². The number of hydrogen-bond acceptors (Lipinski definition) is 5. The number of nitrogens with two attached hydrogens (primary N) is 3. The molecule has 0 aliphatic rings. The van der Waals surface area contributed by atoms with Gasteiger partial charge in [-0.25, -0.2) is 9.98 Å². The van der Waals surface area contributed by atoms with E-state index in [0.29, 0.717) is 11.4 Å². The van der Waals surface area contributed by atoms with Crippen molar-refractivity contribution in [3.05, 3.63) is 81.9 Å². The molecule has 1 aromatic carbocycles. The molecular formula is C20H17ClF3N5. The van der Waals surface area contributed by atoms with Gasteiger partial charge in [-0.1, -0.05) is 42.2 Å². The zero-order valence-electron chi connectivity index (χ0n) is 15.3. The van der Waals surface area contributed by atoms with Gasteiger partial charge >= 0.3 is 6.18 Å². The summed E-state index contributed by atoms with van der Waals surface area (Å²) in [4.78, 5) is 7.97. The van der Waals surface area contributed by atoms with Crippen molar-refractivity contribution in [1.82, 2.24) is 4.98 Å². The van der Waals surface area contributed by atoms with E-state index >= 15 is 0 Å². The smallest absolute Gasteiger partial charge is 0.401 e. The van der Waals surface area contributed by atoms with Crippen molar-refractivity contribution < 1.29 is 13.2 Å². The lowest BCUT2D eigenvalue weighted by Gasteiger charge is -2.15. The fourth-order valence-electron chi connectivity index (χ4n) is 2.29. The first kappa shape index (κ1) is 21.9. The Labute approximate surface area is 170 Å². The molecule has 0 atom stereocenters. The van der Waals surface area contributed by atoms with Gasteiger partial charge in [0.25, 0.3) is 0 Å². The second-order valence-electron chi connectivity index (χ2n) is 5.90. The van der Waals surface area contributed by atoms with Crippen LogP contribution in [0.15, 0.2) is 65.2 Å². The predicted octanol–water partition coefficient (Wildman–Crippen LogP) is 3.84. The maximum absolute atomic E-state index is 13.3. The molecular weight excluding hydrogens is 403 g/mol. The molecule has 2 rings (SSSR count). The highest BCUT2D eigenvalue weighted by molar-refractivity contribution is 6.36. The number of nitrogen functional groups attached to an aromatic ring is 1. The third-order valence-corrected chi connectivity index (χ3v) is 3.97. The zero-order valence-corrected chi connectivity index (χ0v) is 16.1. The third-order valence-electron chi connectivity index (χ3n) is 3.56. The van der Waals surface area contributed by atoms with Crippen LogP contribution < -0.4 is 17.2 Å². The Morgan fingerprint density at radius 1 is 1.21 bits per heavy atom. The molecule has 0 amide bonds. The molecule has 1 aromatic heterocycles. The molecule has 9 heteroatoms. The molecule has 0 unspecified atom stereocenters. The van der Waals surface area contributed by atoms with Crippen LogP contribution in [0.1, 0.15) is 23.6 Å². The van der Waals surface area contributed by atoms with Crippen LogP contribution in [0.5, 0.6) is 0 Å². The van der Waals surface area contributed by atoms with E-state index in [2.05, 4.69) is 28.4 Å². The Hall–Kier alpha value is -3.44. The van der Waals surface area contributed by atoms with E-state index in [9.17, 15) is 13.2 Å². The number of halogens is 4. The molecule has 0 aliphatic carbocycles. The number of allylic oxidation sites excluding steroid dienone is 2. The van der Waals surface area contributed by atoms with Gasteiger partial charge in [0.2, 0.25) is 0 Å². The van der Waals surface area contributed by atoms with E-state index in [1.165, 1.54) is 25.3 Å². The van der Waals surface area contributed by atoms with Crippen LogP contribution in [0, 0.1) is 11.8 Å². The first-order valence-electron chi connectivity index (χ1n) is 8.10. The summed E-state index contributed by atoms with van der Waals surface area (Å²) in [6.07, 6.45) is -3.21. The van der Waals surface area contributed by atoms with Crippen molar-refractivity contribution in [3.63, 3.8) is 0 Å². The van der Waals surface area contributed by atoms with E-state index in [1.807, 2.05) is 0 Å². The van der Waals surface area contributed by atoms with Crippen molar-refractivity contribution in [2.24, 2.45) is 16.5 Å². The minimum atomic E-state index is -4.65. The van der Waals surface area contributed by atoms with Gasteiger partial charge in [-0.2, -0.15) is 13.2 Å². The van der Waals surface area contributed by atoms with Gasteiger partial charge in [0.1, 0.15) is 11.6 Å². The van der Waals surface area contributed by atoms with Gasteiger partial charge in [-0.15, -0.1) is 0 Å². The molecule has 0 radical (unpaired) electrons. The number of nitrogens with zero attached hydrogens (tertiary/aromatic N) is 2. The third kappa shape index (κ3) is 5.53. The Kier molecular flexibility index (Phi) is 6.56. The van der Waals surface area contributed by atoms with E-state index in [0.717, 1.165) is 6.07 Å². The highest BCUT2D eigenvalue weighted by Gasteiger charge is 2.34. The van der Waals surface area contributed by atoms with Gasteiger partial charge in [0.05, 0.1) is 21.9 Å². The average molecular weight is 420 g/mol.